The number of benzene rings is 3. The maximum absolute atomic E-state index is 12.9. The predicted molar refractivity (Wildman–Crippen MR) is 110 cm³/mol. The molecule has 1 heterocycles. The van der Waals surface area contributed by atoms with Gasteiger partial charge in [-0.15, -0.1) is 0 Å². The van der Waals surface area contributed by atoms with Gasteiger partial charge >= 0.3 is 11.8 Å². The number of ketones is 1. The van der Waals surface area contributed by atoms with E-state index in [1.54, 1.807) is 6.07 Å². The van der Waals surface area contributed by atoms with Crippen LogP contribution in [-0.2, 0) is 5.41 Å². The second kappa shape index (κ2) is 5.97. The number of Topliss-reactive ketones (excluding diaryl/α,β-unsaturated/α-hetero) is 1. The highest BCUT2D eigenvalue weighted by atomic mass is 19.4. The molecule has 0 amide bonds. The summed E-state index contributed by atoms with van der Waals surface area (Å²) in [5.41, 5.74) is -0.0862. The number of fused-ring (bicyclic) bond motifs is 6. The number of carbonyl (C=O) groups excluding carboxylic acids is 1. The van der Waals surface area contributed by atoms with Crippen LogP contribution in [0.5, 0.6) is 5.75 Å². The van der Waals surface area contributed by atoms with E-state index in [1.807, 2.05) is 50.2 Å². The Morgan fingerprint density at radius 3 is 2.42 bits per heavy atom. The monoisotopic (exact) mass is 424 g/mol. The van der Waals surface area contributed by atoms with Gasteiger partial charge in [0.1, 0.15) is 11.3 Å². The molecule has 1 aliphatic carbocycles. The minimum Gasteiger partial charge on any atom is -0.506 e. The topological polar surface area (TPSA) is 67.5 Å². The number of alkyl halides is 3. The fourth-order valence-electron chi connectivity index (χ4n) is 4.62. The molecule has 4 aromatic rings. The van der Waals surface area contributed by atoms with Crippen LogP contribution in [0.15, 0.2) is 57.7 Å². The van der Waals surface area contributed by atoms with Gasteiger partial charge in [0.15, 0.2) is 5.56 Å². The molecular weight excluding hydrogens is 409 g/mol. The van der Waals surface area contributed by atoms with Crippen LogP contribution in [0.25, 0.3) is 32.9 Å². The molecule has 1 aliphatic rings. The van der Waals surface area contributed by atoms with E-state index in [0.29, 0.717) is 5.56 Å². The average Bonchev–Trinajstić information content (AvgIpc) is 2.93. The minimum absolute atomic E-state index is 0.0786. The van der Waals surface area contributed by atoms with Crippen LogP contribution < -0.4 is 5.63 Å². The Bertz CT molecular complexity index is 1490. The highest BCUT2D eigenvalue weighted by Crippen LogP contribution is 2.52. The molecule has 0 bridgehead atoms. The maximum atomic E-state index is 12.9. The predicted octanol–water partition coefficient (Wildman–Crippen LogP) is 5.70. The zero-order valence-corrected chi connectivity index (χ0v) is 16.4. The molecule has 1 aromatic heterocycles. The van der Waals surface area contributed by atoms with Crippen LogP contribution in [0, 0.1) is 0 Å². The Hall–Kier alpha value is -3.61. The summed E-state index contributed by atoms with van der Waals surface area (Å²) in [5, 5.41) is 12.4. The normalized spacial score (nSPS) is 14.6. The second-order valence-electron chi connectivity index (χ2n) is 8.17. The van der Waals surface area contributed by atoms with Gasteiger partial charge in [-0.05, 0) is 45.2 Å². The van der Waals surface area contributed by atoms with E-state index in [0.717, 1.165) is 27.5 Å². The van der Waals surface area contributed by atoms with Gasteiger partial charge in [0.05, 0.1) is 5.39 Å². The Morgan fingerprint density at radius 1 is 1.00 bits per heavy atom. The zero-order valence-electron chi connectivity index (χ0n) is 16.4. The fourth-order valence-corrected chi connectivity index (χ4v) is 4.62. The standard InChI is InChI=1S/C24H15F3O4/c1-23(2)16-10-17-15(20(28)18(22(30)31-17)21(29)24(25,26)27)9-14(16)13-8-7-11-5-3-4-6-12(11)19(13)23/h3-10,28H,1-2H3. The lowest BCUT2D eigenvalue weighted by Crippen LogP contribution is -2.28. The van der Waals surface area contributed by atoms with E-state index in [4.69, 9.17) is 4.42 Å². The van der Waals surface area contributed by atoms with Crippen molar-refractivity contribution in [2.75, 3.05) is 0 Å². The van der Waals surface area contributed by atoms with Gasteiger partial charge < -0.3 is 9.52 Å². The molecule has 0 spiro atoms. The smallest absolute Gasteiger partial charge is 0.455 e. The van der Waals surface area contributed by atoms with Crippen LogP contribution >= 0.6 is 0 Å². The summed E-state index contributed by atoms with van der Waals surface area (Å²) in [5.74, 6) is -3.46. The SMILES string of the molecule is CC1(C)c2cc3oc(=O)c(C(=O)C(F)(F)F)c(O)c3cc2-c2ccc3ccccc3c21. The first-order valence-corrected chi connectivity index (χ1v) is 9.50. The minimum atomic E-state index is -5.32. The van der Waals surface area contributed by atoms with E-state index in [1.165, 1.54) is 6.07 Å². The number of carbonyl (C=O) groups is 1. The van der Waals surface area contributed by atoms with Crippen molar-refractivity contribution < 1.29 is 27.5 Å². The third kappa shape index (κ3) is 2.55. The largest absolute Gasteiger partial charge is 0.506 e. The summed E-state index contributed by atoms with van der Waals surface area (Å²) in [7, 11) is 0. The highest BCUT2D eigenvalue weighted by Gasteiger charge is 2.44. The van der Waals surface area contributed by atoms with Gasteiger partial charge in [-0.1, -0.05) is 50.2 Å². The number of hydrogen-bond donors (Lipinski definition) is 1. The lowest BCUT2D eigenvalue weighted by molar-refractivity contribution is -0.0888. The molecule has 7 heteroatoms. The van der Waals surface area contributed by atoms with Crippen LogP contribution in [0.3, 0.4) is 0 Å². The molecule has 4 nitrogen and oxygen atoms in total. The summed E-state index contributed by atoms with van der Waals surface area (Å²) in [6.07, 6.45) is -5.32. The van der Waals surface area contributed by atoms with Crippen molar-refractivity contribution in [3.8, 4) is 16.9 Å². The van der Waals surface area contributed by atoms with E-state index < -0.39 is 34.3 Å². The molecule has 0 saturated heterocycles. The van der Waals surface area contributed by atoms with E-state index in [2.05, 4.69) is 0 Å². The van der Waals surface area contributed by atoms with Gasteiger partial charge in [0, 0.05) is 5.41 Å². The fraction of sp³-hybridized carbons (Fsp3) is 0.167. The van der Waals surface area contributed by atoms with Crippen LogP contribution in [0.2, 0.25) is 0 Å². The Balaban J connectivity index is 1.86. The van der Waals surface area contributed by atoms with E-state index in [9.17, 15) is 27.9 Å². The molecule has 31 heavy (non-hydrogen) atoms. The van der Waals surface area contributed by atoms with Crippen molar-refractivity contribution in [2.45, 2.75) is 25.4 Å². The van der Waals surface area contributed by atoms with Crippen molar-refractivity contribution in [3.63, 3.8) is 0 Å². The van der Waals surface area contributed by atoms with Crippen LogP contribution in [0.1, 0.15) is 35.3 Å². The summed E-state index contributed by atoms with van der Waals surface area (Å²) in [4.78, 5) is 23.8. The molecule has 0 saturated carbocycles. The quantitative estimate of drug-likeness (QED) is 0.314. The average molecular weight is 424 g/mol. The first-order valence-electron chi connectivity index (χ1n) is 9.50. The molecule has 0 unspecified atom stereocenters. The summed E-state index contributed by atoms with van der Waals surface area (Å²) in [6.45, 7) is 4.02. The van der Waals surface area contributed by atoms with Crippen molar-refractivity contribution in [1.29, 1.82) is 0 Å². The van der Waals surface area contributed by atoms with Crippen LogP contribution in [0.4, 0.5) is 13.2 Å². The van der Waals surface area contributed by atoms with Crippen molar-refractivity contribution in [2.24, 2.45) is 0 Å². The van der Waals surface area contributed by atoms with Gasteiger partial charge in [-0.2, -0.15) is 13.2 Å². The number of halogens is 3. The zero-order chi connectivity index (χ0) is 22.3. The third-order valence-corrected chi connectivity index (χ3v) is 6.02. The maximum Gasteiger partial charge on any atom is 0.455 e. The number of hydrogen-bond acceptors (Lipinski definition) is 4. The molecule has 0 fully saturated rings. The van der Waals surface area contributed by atoms with Gasteiger partial charge in [0.2, 0.25) is 0 Å². The van der Waals surface area contributed by atoms with Gasteiger partial charge in [0.25, 0.3) is 5.78 Å². The Kier molecular flexibility index (Phi) is 3.73. The number of rotatable bonds is 1. The van der Waals surface area contributed by atoms with Gasteiger partial charge in [-0.3, -0.25) is 4.79 Å². The molecule has 0 aliphatic heterocycles. The lowest BCUT2D eigenvalue weighted by Gasteiger charge is -2.23. The van der Waals surface area contributed by atoms with E-state index >= 15 is 0 Å². The summed E-state index contributed by atoms with van der Waals surface area (Å²) >= 11 is 0. The number of aromatic hydroxyl groups is 1. The molecule has 0 atom stereocenters. The second-order valence-corrected chi connectivity index (χ2v) is 8.17. The molecule has 156 valence electrons. The molecule has 5 rings (SSSR count). The van der Waals surface area contributed by atoms with Crippen molar-refractivity contribution in [3.05, 3.63) is 75.6 Å². The molecule has 0 radical (unpaired) electrons. The third-order valence-electron chi connectivity index (χ3n) is 6.02. The molecule has 3 aromatic carbocycles. The first kappa shape index (κ1) is 19.4. The lowest BCUT2D eigenvalue weighted by atomic mass is 9.80. The summed E-state index contributed by atoms with van der Waals surface area (Å²) in [6, 6.07) is 14.8. The summed E-state index contributed by atoms with van der Waals surface area (Å²) < 4.78 is 43.8. The first-order chi connectivity index (χ1) is 14.5. The van der Waals surface area contributed by atoms with E-state index in [-0.39, 0.29) is 11.0 Å². The Morgan fingerprint density at radius 2 is 1.71 bits per heavy atom. The molecular formula is C24H15F3O4. The Labute approximate surface area is 173 Å². The van der Waals surface area contributed by atoms with Crippen molar-refractivity contribution in [1.82, 2.24) is 0 Å². The molecule has 1 N–H and O–H groups in total. The van der Waals surface area contributed by atoms with Crippen molar-refractivity contribution >= 4 is 27.5 Å². The highest BCUT2D eigenvalue weighted by molar-refractivity contribution is 6.07. The van der Waals surface area contributed by atoms with Gasteiger partial charge in [-0.25, -0.2) is 4.79 Å². The van der Waals surface area contributed by atoms with Crippen LogP contribution in [-0.4, -0.2) is 17.1 Å².